The molecular weight excluding hydrogens is 330 g/mol. The highest BCUT2D eigenvalue weighted by Gasteiger charge is 2.28. The minimum absolute atomic E-state index is 0.216. The van der Waals surface area contributed by atoms with E-state index in [1.165, 1.54) is 0 Å². The van der Waals surface area contributed by atoms with E-state index < -0.39 is 5.60 Å². The molecule has 0 aliphatic carbocycles. The van der Waals surface area contributed by atoms with Crippen LogP contribution in [0.15, 0.2) is 30.6 Å². The monoisotopic (exact) mass is 357 g/mol. The van der Waals surface area contributed by atoms with Crippen LogP contribution >= 0.6 is 0 Å². The summed E-state index contributed by atoms with van der Waals surface area (Å²) < 4.78 is 13.3. The second kappa shape index (κ2) is 7.02. The van der Waals surface area contributed by atoms with Crippen molar-refractivity contribution in [2.75, 3.05) is 20.2 Å². The van der Waals surface area contributed by atoms with E-state index in [1.54, 1.807) is 16.6 Å². The first-order chi connectivity index (χ1) is 12.2. The van der Waals surface area contributed by atoms with Crippen LogP contribution in [0.4, 0.5) is 4.79 Å². The topological polar surface area (TPSA) is 56.6 Å². The summed E-state index contributed by atoms with van der Waals surface area (Å²) in [5.41, 5.74) is 2.71. The Hall–Kier alpha value is -2.50. The van der Waals surface area contributed by atoms with E-state index in [1.807, 2.05) is 46.3 Å². The normalized spacial score (nSPS) is 16.6. The lowest BCUT2D eigenvalue weighted by Crippen LogP contribution is -2.37. The molecule has 2 heterocycles. The third-order valence-electron chi connectivity index (χ3n) is 4.41. The summed E-state index contributed by atoms with van der Waals surface area (Å²) in [7, 11) is 3.69. The minimum atomic E-state index is -0.494. The number of carbonyl (C=O) groups excluding carboxylic acids is 1. The summed E-state index contributed by atoms with van der Waals surface area (Å²) in [4.78, 5) is 14.0. The lowest BCUT2D eigenvalue weighted by molar-refractivity contribution is 0.0281. The number of amides is 1. The standard InChI is InChI=1S/C20H27N3O3/c1-20(2,3)26-19(24)22(4)12-14-9-10-25-18-16(14)7-6-8-17(18)15-11-21-23(5)13-15/h6-8,11,13-14H,9-10,12H2,1-5H3/t14-/m0/s1. The number of ether oxygens (including phenoxy) is 2. The second-order valence-corrected chi connectivity index (χ2v) is 7.82. The Morgan fingerprint density at radius 2 is 2.19 bits per heavy atom. The molecule has 0 bridgehead atoms. The quantitative estimate of drug-likeness (QED) is 0.838. The molecule has 1 amide bonds. The van der Waals surface area contributed by atoms with Crippen LogP contribution in [0.2, 0.25) is 0 Å². The number of hydrogen-bond acceptors (Lipinski definition) is 4. The highest BCUT2D eigenvalue weighted by molar-refractivity contribution is 5.72. The van der Waals surface area contributed by atoms with Gasteiger partial charge in [0, 0.05) is 43.9 Å². The van der Waals surface area contributed by atoms with Crippen LogP contribution in [0.1, 0.15) is 38.7 Å². The number of rotatable bonds is 3. The smallest absolute Gasteiger partial charge is 0.410 e. The summed E-state index contributed by atoms with van der Waals surface area (Å²) in [6.45, 7) is 6.87. The largest absolute Gasteiger partial charge is 0.493 e. The van der Waals surface area contributed by atoms with Crippen LogP contribution in [0.25, 0.3) is 11.1 Å². The zero-order valence-electron chi connectivity index (χ0n) is 16.2. The van der Waals surface area contributed by atoms with Gasteiger partial charge in [0.25, 0.3) is 0 Å². The van der Waals surface area contributed by atoms with Crippen LogP contribution in [-0.4, -0.2) is 46.6 Å². The molecule has 0 N–H and O–H groups in total. The van der Waals surface area contributed by atoms with Crippen molar-refractivity contribution in [1.29, 1.82) is 0 Å². The van der Waals surface area contributed by atoms with Crippen molar-refractivity contribution < 1.29 is 14.3 Å². The van der Waals surface area contributed by atoms with E-state index in [4.69, 9.17) is 9.47 Å². The van der Waals surface area contributed by atoms with E-state index in [0.29, 0.717) is 13.2 Å². The number of hydrogen-bond donors (Lipinski definition) is 0. The number of benzene rings is 1. The predicted molar refractivity (Wildman–Crippen MR) is 100 cm³/mol. The zero-order chi connectivity index (χ0) is 18.9. The van der Waals surface area contributed by atoms with Crippen molar-refractivity contribution in [3.8, 4) is 16.9 Å². The third-order valence-corrected chi connectivity index (χ3v) is 4.41. The molecule has 0 saturated heterocycles. The second-order valence-electron chi connectivity index (χ2n) is 7.82. The molecular formula is C20H27N3O3. The number of para-hydroxylation sites is 1. The number of aryl methyl sites for hydroxylation is 1. The molecule has 1 aromatic carbocycles. The fourth-order valence-corrected chi connectivity index (χ4v) is 3.22. The Labute approximate surface area is 154 Å². The SMILES string of the molecule is CN(C[C@@H]1CCOc2c(-c3cnn(C)c3)cccc21)C(=O)OC(C)(C)C. The summed E-state index contributed by atoms with van der Waals surface area (Å²) in [5, 5.41) is 4.26. The van der Waals surface area contributed by atoms with Crippen molar-refractivity contribution in [3.63, 3.8) is 0 Å². The number of likely N-dealkylation sites (N-methyl/N-ethyl adjacent to an activating group) is 1. The van der Waals surface area contributed by atoms with Crippen molar-refractivity contribution >= 4 is 6.09 Å². The highest BCUT2D eigenvalue weighted by Crippen LogP contribution is 2.41. The molecule has 1 aliphatic rings. The van der Waals surface area contributed by atoms with Crippen molar-refractivity contribution in [3.05, 3.63) is 36.2 Å². The molecule has 2 aromatic rings. The van der Waals surface area contributed by atoms with Gasteiger partial charge < -0.3 is 14.4 Å². The van der Waals surface area contributed by atoms with Gasteiger partial charge in [0.2, 0.25) is 0 Å². The van der Waals surface area contributed by atoms with E-state index in [-0.39, 0.29) is 12.0 Å². The molecule has 0 fully saturated rings. The lowest BCUT2D eigenvalue weighted by atomic mass is 9.90. The number of nitrogens with zero attached hydrogens (tertiary/aromatic N) is 3. The first-order valence-corrected chi connectivity index (χ1v) is 8.93. The Balaban J connectivity index is 1.82. The first kappa shape index (κ1) is 18.3. The molecule has 0 radical (unpaired) electrons. The van der Waals surface area contributed by atoms with Crippen LogP contribution in [0, 0.1) is 0 Å². The van der Waals surface area contributed by atoms with E-state index >= 15 is 0 Å². The summed E-state index contributed by atoms with van der Waals surface area (Å²) >= 11 is 0. The van der Waals surface area contributed by atoms with Crippen molar-refractivity contribution in [2.24, 2.45) is 7.05 Å². The van der Waals surface area contributed by atoms with Gasteiger partial charge in [-0.1, -0.05) is 18.2 Å². The van der Waals surface area contributed by atoms with Crippen molar-refractivity contribution in [2.45, 2.75) is 38.7 Å². The molecule has 1 aromatic heterocycles. The molecule has 3 rings (SSSR count). The lowest BCUT2D eigenvalue weighted by Gasteiger charge is -2.31. The van der Waals surface area contributed by atoms with Crippen LogP contribution in [-0.2, 0) is 11.8 Å². The maximum atomic E-state index is 12.3. The molecule has 26 heavy (non-hydrogen) atoms. The van der Waals surface area contributed by atoms with Gasteiger partial charge in [0.05, 0.1) is 12.8 Å². The fraction of sp³-hybridized carbons (Fsp3) is 0.500. The molecule has 0 unspecified atom stereocenters. The van der Waals surface area contributed by atoms with Gasteiger partial charge in [-0.2, -0.15) is 5.10 Å². The average molecular weight is 357 g/mol. The zero-order valence-corrected chi connectivity index (χ0v) is 16.2. The summed E-state index contributed by atoms with van der Waals surface area (Å²) in [5.74, 6) is 1.11. The van der Waals surface area contributed by atoms with Crippen LogP contribution in [0.3, 0.4) is 0 Å². The summed E-state index contributed by atoms with van der Waals surface area (Å²) in [6.07, 6.45) is 4.40. The van der Waals surface area contributed by atoms with Gasteiger partial charge in [-0.3, -0.25) is 4.68 Å². The molecule has 6 heteroatoms. The van der Waals surface area contributed by atoms with Gasteiger partial charge in [-0.15, -0.1) is 0 Å². The summed E-state index contributed by atoms with van der Waals surface area (Å²) in [6, 6.07) is 6.17. The van der Waals surface area contributed by atoms with E-state index in [9.17, 15) is 4.79 Å². The molecule has 0 saturated carbocycles. The predicted octanol–water partition coefficient (Wildman–Crippen LogP) is 3.82. The van der Waals surface area contributed by atoms with Gasteiger partial charge in [-0.25, -0.2) is 4.79 Å². The van der Waals surface area contributed by atoms with Gasteiger partial charge in [0.1, 0.15) is 11.4 Å². The fourth-order valence-electron chi connectivity index (χ4n) is 3.22. The van der Waals surface area contributed by atoms with Crippen LogP contribution in [0.5, 0.6) is 5.75 Å². The van der Waals surface area contributed by atoms with Gasteiger partial charge >= 0.3 is 6.09 Å². The molecule has 0 spiro atoms. The third kappa shape index (κ3) is 4.00. The Morgan fingerprint density at radius 3 is 2.85 bits per heavy atom. The highest BCUT2D eigenvalue weighted by atomic mass is 16.6. The van der Waals surface area contributed by atoms with Gasteiger partial charge in [-0.05, 0) is 32.8 Å². The van der Waals surface area contributed by atoms with Crippen molar-refractivity contribution in [1.82, 2.24) is 14.7 Å². The number of fused-ring (bicyclic) bond motifs is 1. The molecule has 6 nitrogen and oxygen atoms in total. The number of aromatic nitrogens is 2. The van der Waals surface area contributed by atoms with E-state index in [0.717, 1.165) is 28.9 Å². The van der Waals surface area contributed by atoms with Crippen LogP contribution < -0.4 is 4.74 Å². The molecule has 1 atom stereocenters. The van der Waals surface area contributed by atoms with Gasteiger partial charge in [0.15, 0.2) is 0 Å². The Kier molecular flexibility index (Phi) is 4.94. The first-order valence-electron chi connectivity index (χ1n) is 8.93. The van der Waals surface area contributed by atoms with E-state index in [2.05, 4.69) is 17.2 Å². The molecule has 1 aliphatic heterocycles. The minimum Gasteiger partial charge on any atom is -0.493 e. The average Bonchev–Trinajstić information content (AvgIpc) is 2.99. The Bertz CT molecular complexity index is 792. The molecule has 140 valence electrons. The number of carbonyl (C=O) groups is 1. The Morgan fingerprint density at radius 1 is 1.42 bits per heavy atom. The maximum absolute atomic E-state index is 12.3. The maximum Gasteiger partial charge on any atom is 0.410 e.